The van der Waals surface area contributed by atoms with Crippen LogP contribution < -0.4 is 5.32 Å². The van der Waals surface area contributed by atoms with Gasteiger partial charge in [0, 0.05) is 25.4 Å². The molecule has 0 spiro atoms. The minimum absolute atomic E-state index is 0.0801. The number of nitrogens with zero attached hydrogens (tertiary/aromatic N) is 2. The Morgan fingerprint density at radius 1 is 1.30 bits per heavy atom. The van der Waals surface area contributed by atoms with Gasteiger partial charge in [0.25, 0.3) is 0 Å². The van der Waals surface area contributed by atoms with E-state index in [0.717, 1.165) is 21.7 Å². The number of aryl methyl sites for hydroxylation is 1. The van der Waals surface area contributed by atoms with Crippen LogP contribution in [0, 0.1) is 18.3 Å². The lowest BCUT2D eigenvalue weighted by molar-refractivity contribution is -0.144. The zero-order valence-corrected chi connectivity index (χ0v) is 19.1. The second-order valence-electron chi connectivity index (χ2n) is 9.17. The van der Waals surface area contributed by atoms with Crippen molar-refractivity contribution in [1.82, 2.24) is 15.2 Å². The van der Waals surface area contributed by atoms with E-state index in [2.05, 4.69) is 10.3 Å². The summed E-state index contributed by atoms with van der Waals surface area (Å²) in [6.07, 6.45) is -0.392. The van der Waals surface area contributed by atoms with Gasteiger partial charge < -0.3 is 15.3 Å². The molecule has 3 atom stereocenters. The van der Waals surface area contributed by atoms with Crippen molar-refractivity contribution in [2.45, 2.75) is 59.7 Å². The number of aliphatic hydroxyl groups excluding tert-OH is 1. The first-order valence-electron chi connectivity index (χ1n) is 10.3. The molecule has 30 heavy (non-hydrogen) atoms. The van der Waals surface area contributed by atoms with Crippen LogP contribution in [-0.4, -0.2) is 45.5 Å². The Bertz CT molecular complexity index is 901. The lowest BCUT2D eigenvalue weighted by Gasteiger charge is -2.32. The van der Waals surface area contributed by atoms with Crippen LogP contribution in [0.1, 0.15) is 45.4 Å². The van der Waals surface area contributed by atoms with Crippen LogP contribution in [0.3, 0.4) is 0 Å². The fraction of sp³-hybridized carbons (Fsp3) is 0.522. The minimum Gasteiger partial charge on any atom is -0.391 e. The molecule has 0 saturated carbocycles. The number of amides is 2. The molecule has 7 heteroatoms. The van der Waals surface area contributed by atoms with Gasteiger partial charge in [-0.1, -0.05) is 52.0 Å². The number of rotatable bonds is 5. The topological polar surface area (TPSA) is 82.5 Å². The van der Waals surface area contributed by atoms with Gasteiger partial charge in [-0.2, -0.15) is 0 Å². The fourth-order valence-electron chi connectivity index (χ4n) is 3.58. The van der Waals surface area contributed by atoms with Gasteiger partial charge in [-0.15, -0.1) is 11.3 Å². The first-order valence-corrected chi connectivity index (χ1v) is 11.2. The lowest BCUT2D eigenvalue weighted by Crippen LogP contribution is -2.49. The molecule has 1 fully saturated rings. The van der Waals surface area contributed by atoms with E-state index in [1.54, 1.807) is 16.2 Å². The van der Waals surface area contributed by atoms with E-state index >= 15 is 0 Å². The Morgan fingerprint density at radius 3 is 2.53 bits per heavy atom. The molecule has 1 saturated heterocycles. The number of hydrogen-bond donors (Lipinski definition) is 2. The standard InChI is InChI=1S/C23H31N3O3S/c1-14(23(3,4)5)22(29)26-12-18(27)10-19(26)21(28)24-11-16-6-8-17(9-7-16)20-15(2)25-13-30-20/h6-9,13-14,18-19,27H,10-12H2,1-5H3,(H,24,28)/t14-,18-,19+/m0/s1. The molecule has 1 aromatic heterocycles. The summed E-state index contributed by atoms with van der Waals surface area (Å²) in [5, 5.41) is 13.0. The van der Waals surface area contributed by atoms with Crippen molar-refractivity contribution in [1.29, 1.82) is 0 Å². The van der Waals surface area contributed by atoms with Gasteiger partial charge in [-0.05, 0) is 23.5 Å². The maximum Gasteiger partial charge on any atom is 0.243 e. The van der Waals surface area contributed by atoms with Crippen LogP contribution in [0.2, 0.25) is 0 Å². The predicted molar refractivity (Wildman–Crippen MR) is 119 cm³/mol. The molecule has 162 valence electrons. The number of carbonyl (C=O) groups excluding carboxylic acids is 2. The number of aliphatic hydroxyl groups is 1. The second-order valence-corrected chi connectivity index (χ2v) is 10.0. The van der Waals surface area contributed by atoms with Crippen molar-refractivity contribution < 1.29 is 14.7 Å². The normalized spacial score (nSPS) is 20.3. The number of β-amino-alcohol motifs (C(OH)–C–C–N with tert-alkyl or cyclic N) is 1. The molecule has 1 aliphatic rings. The molecule has 2 N–H and O–H groups in total. The van der Waals surface area contributed by atoms with Gasteiger partial charge in [0.15, 0.2) is 0 Å². The van der Waals surface area contributed by atoms with E-state index in [4.69, 9.17) is 0 Å². The van der Waals surface area contributed by atoms with Crippen molar-refractivity contribution >= 4 is 23.2 Å². The molecule has 6 nitrogen and oxygen atoms in total. The third kappa shape index (κ3) is 4.90. The predicted octanol–water partition coefficient (Wildman–Crippen LogP) is 3.38. The van der Waals surface area contributed by atoms with Crippen LogP contribution >= 0.6 is 11.3 Å². The van der Waals surface area contributed by atoms with Crippen molar-refractivity contribution in [2.75, 3.05) is 6.54 Å². The van der Waals surface area contributed by atoms with E-state index < -0.39 is 12.1 Å². The van der Waals surface area contributed by atoms with Gasteiger partial charge in [-0.25, -0.2) is 4.98 Å². The van der Waals surface area contributed by atoms with Gasteiger partial charge >= 0.3 is 0 Å². The molecule has 0 aliphatic carbocycles. The summed E-state index contributed by atoms with van der Waals surface area (Å²) in [5.41, 5.74) is 4.73. The zero-order valence-electron chi connectivity index (χ0n) is 18.3. The molecule has 3 rings (SSSR count). The summed E-state index contributed by atoms with van der Waals surface area (Å²) in [6.45, 7) is 10.5. The minimum atomic E-state index is -0.668. The van der Waals surface area contributed by atoms with Gasteiger partial charge in [-0.3, -0.25) is 9.59 Å². The molecule has 2 aromatic rings. The van der Waals surface area contributed by atoms with E-state index in [1.807, 2.05) is 64.4 Å². The third-order valence-corrected chi connectivity index (χ3v) is 6.94. The highest BCUT2D eigenvalue weighted by atomic mass is 32.1. The molecule has 1 aliphatic heterocycles. The maximum atomic E-state index is 12.9. The number of benzene rings is 1. The Hall–Kier alpha value is -2.25. The summed E-state index contributed by atoms with van der Waals surface area (Å²) in [4.78, 5) is 32.7. The monoisotopic (exact) mass is 429 g/mol. The summed E-state index contributed by atoms with van der Waals surface area (Å²) in [7, 11) is 0. The van der Waals surface area contributed by atoms with E-state index in [0.29, 0.717) is 6.54 Å². The molecule has 0 radical (unpaired) electrons. The fourth-order valence-corrected chi connectivity index (χ4v) is 4.40. The van der Waals surface area contributed by atoms with Crippen LogP contribution in [0.4, 0.5) is 0 Å². The van der Waals surface area contributed by atoms with Crippen molar-refractivity contribution in [3.63, 3.8) is 0 Å². The number of hydrogen-bond acceptors (Lipinski definition) is 5. The lowest BCUT2D eigenvalue weighted by atomic mass is 9.81. The van der Waals surface area contributed by atoms with Crippen LogP contribution in [-0.2, 0) is 16.1 Å². The van der Waals surface area contributed by atoms with Crippen LogP contribution in [0.25, 0.3) is 10.4 Å². The number of nitrogens with one attached hydrogen (secondary N) is 1. The zero-order chi connectivity index (χ0) is 22.1. The molecule has 1 aromatic carbocycles. The maximum absolute atomic E-state index is 12.9. The molecule has 2 amide bonds. The van der Waals surface area contributed by atoms with Crippen LogP contribution in [0.15, 0.2) is 29.8 Å². The average Bonchev–Trinajstić information content (AvgIpc) is 3.30. The van der Waals surface area contributed by atoms with Crippen molar-refractivity contribution in [3.8, 4) is 10.4 Å². The van der Waals surface area contributed by atoms with E-state index in [9.17, 15) is 14.7 Å². The van der Waals surface area contributed by atoms with E-state index in [-0.39, 0.29) is 36.1 Å². The van der Waals surface area contributed by atoms with Crippen molar-refractivity contribution in [3.05, 3.63) is 41.0 Å². The molecule has 2 heterocycles. The highest BCUT2D eigenvalue weighted by molar-refractivity contribution is 7.13. The second kappa shape index (κ2) is 8.86. The number of aromatic nitrogens is 1. The highest BCUT2D eigenvalue weighted by Gasteiger charge is 2.42. The Morgan fingerprint density at radius 2 is 1.97 bits per heavy atom. The summed E-state index contributed by atoms with van der Waals surface area (Å²) < 4.78 is 0. The average molecular weight is 430 g/mol. The Balaban J connectivity index is 1.63. The highest BCUT2D eigenvalue weighted by Crippen LogP contribution is 2.30. The molecule has 0 unspecified atom stereocenters. The molecular weight excluding hydrogens is 398 g/mol. The summed E-state index contributed by atoms with van der Waals surface area (Å²) >= 11 is 1.61. The van der Waals surface area contributed by atoms with Gasteiger partial charge in [0.1, 0.15) is 6.04 Å². The molecular formula is C23H31N3O3S. The quantitative estimate of drug-likeness (QED) is 0.763. The SMILES string of the molecule is Cc1ncsc1-c1ccc(CNC(=O)[C@H]2C[C@H](O)CN2C(=O)[C@H](C)C(C)(C)C)cc1. The summed E-state index contributed by atoms with van der Waals surface area (Å²) in [6, 6.07) is 7.41. The third-order valence-electron chi connectivity index (χ3n) is 5.96. The first-order chi connectivity index (χ1) is 14.1. The Kier molecular flexibility index (Phi) is 6.62. The van der Waals surface area contributed by atoms with E-state index in [1.165, 1.54) is 0 Å². The summed E-state index contributed by atoms with van der Waals surface area (Å²) in [5.74, 6) is -0.535. The van der Waals surface area contributed by atoms with Crippen LogP contribution in [0.5, 0.6) is 0 Å². The smallest absolute Gasteiger partial charge is 0.243 e. The van der Waals surface area contributed by atoms with Gasteiger partial charge in [0.05, 0.1) is 22.2 Å². The largest absolute Gasteiger partial charge is 0.391 e. The molecule has 0 bridgehead atoms. The Labute approximate surface area is 182 Å². The first kappa shape index (κ1) is 22.4. The van der Waals surface area contributed by atoms with Crippen molar-refractivity contribution in [2.24, 2.45) is 11.3 Å². The van der Waals surface area contributed by atoms with Gasteiger partial charge in [0.2, 0.25) is 11.8 Å². The number of likely N-dealkylation sites (tertiary alicyclic amines) is 1. The number of carbonyl (C=O) groups is 2. The number of thiazole rings is 1.